The van der Waals surface area contributed by atoms with Crippen LogP contribution in [0.1, 0.15) is 30.6 Å². The number of anilines is 2. The molecule has 154 valence electrons. The summed E-state index contributed by atoms with van der Waals surface area (Å²) in [7, 11) is 1.49. The third-order valence-electron chi connectivity index (χ3n) is 4.71. The average Bonchev–Trinajstić information content (AvgIpc) is 2.74. The van der Waals surface area contributed by atoms with Gasteiger partial charge in [-0.1, -0.05) is 19.1 Å². The third-order valence-corrected chi connectivity index (χ3v) is 4.71. The minimum absolute atomic E-state index is 0.0286. The summed E-state index contributed by atoms with van der Waals surface area (Å²) in [5.74, 6) is -0.768. The van der Waals surface area contributed by atoms with E-state index in [1.807, 2.05) is 0 Å². The molecule has 0 aliphatic rings. The molecule has 8 heteroatoms. The number of ketones is 1. The van der Waals surface area contributed by atoms with Crippen LogP contribution in [0.25, 0.3) is 11.0 Å². The number of hydrogen-bond donors (Lipinski definition) is 1. The highest BCUT2D eigenvalue weighted by Gasteiger charge is 2.19. The summed E-state index contributed by atoms with van der Waals surface area (Å²) in [6.45, 7) is 2.91. The van der Waals surface area contributed by atoms with Crippen molar-refractivity contribution in [1.29, 1.82) is 0 Å². The fourth-order valence-corrected chi connectivity index (χ4v) is 3.04. The molecule has 1 heterocycles. The van der Waals surface area contributed by atoms with Crippen LogP contribution < -0.4 is 15.8 Å². The van der Waals surface area contributed by atoms with Crippen LogP contribution in [0.2, 0.25) is 0 Å². The molecule has 1 N–H and O–H groups in total. The maximum Gasteiger partial charge on any atom is 0.294 e. The monoisotopic (exact) mass is 406 g/mol. The predicted molar refractivity (Wildman–Crippen MR) is 115 cm³/mol. The van der Waals surface area contributed by atoms with E-state index < -0.39 is 11.5 Å². The topological polar surface area (TPSA) is 101 Å². The second kappa shape index (κ2) is 8.69. The summed E-state index contributed by atoms with van der Waals surface area (Å²) >= 11 is 0. The van der Waals surface area contributed by atoms with Gasteiger partial charge in [0.25, 0.3) is 5.56 Å². The van der Waals surface area contributed by atoms with E-state index >= 15 is 0 Å². The predicted octanol–water partition coefficient (Wildman–Crippen LogP) is 2.61. The van der Waals surface area contributed by atoms with Crippen LogP contribution in [0, 0.1) is 0 Å². The van der Waals surface area contributed by atoms with Crippen LogP contribution >= 0.6 is 0 Å². The Morgan fingerprint density at radius 1 is 1.07 bits per heavy atom. The molecule has 3 rings (SSSR count). The lowest BCUT2D eigenvalue weighted by Gasteiger charge is -2.18. The molecular weight excluding hydrogens is 384 g/mol. The average molecular weight is 406 g/mol. The summed E-state index contributed by atoms with van der Waals surface area (Å²) in [5, 5.41) is 2.72. The van der Waals surface area contributed by atoms with Gasteiger partial charge in [0.2, 0.25) is 17.6 Å². The van der Waals surface area contributed by atoms with E-state index in [1.165, 1.54) is 23.4 Å². The second-order valence-electron chi connectivity index (χ2n) is 6.80. The summed E-state index contributed by atoms with van der Waals surface area (Å²) in [4.78, 5) is 54.7. The van der Waals surface area contributed by atoms with Crippen molar-refractivity contribution in [2.24, 2.45) is 0 Å². The highest BCUT2D eigenvalue weighted by molar-refractivity contribution is 5.96. The van der Waals surface area contributed by atoms with Gasteiger partial charge in [0, 0.05) is 24.7 Å². The standard InChI is InChI=1S/C22H22N4O4/c1-4-20(29)25(3)21-22(30)26(18-8-6-5-7-17(18)24-21)13-19(28)23-16-11-9-15(10-12-16)14(2)27/h5-12H,4,13H2,1-3H3,(H,23,28). The SMILES string of the molecule is CCC(=O)N(C)c1nc2ccccc2n(CC(=O)Nc2ccc(C(C)=O)cc2)c1=O. The number of carbonyl (C=O) groups excluding carboxylic acids is 3. The highest BCUT2D eigenvalue weighted by Crippen LogP contribution is 2.15. The molecule has 1 aromatic heterocycles. The summed E-state index contributed by atoms with van der Waals surface area (Å²) < 4.78 is 1.30. The second-order valence-corrected chi connectivity index (χ2v) is 6.80. The van der Waals surface area contributed by atoms with Crippen molar-refractivity contribution in [3.63, 3.8) is 0 Å². The van der Waals surface area contributed by atoms with E-state index in [9.17, 15) is 19.2 Å². The van der Waals surface area contributed by atoms with Crippen molar-refractivity contribution in [1.82, 2.24) is 9.55 Å². The Balaban J connectivity index is 1.95. The molecule has 8 nitrogen and oxygen atoms in total. The molecular formula is C22H22N4O4. The zero-order valence-corrected chi connectivity index (χ0v) is 17.0. The fraction of sp³-hybridized carbons (Fsp3) is 0.227. The van der Waals surface area contributed by atoms with Gasteiger partial charge in [-0.3, -0.25) is 28.6 Å². The van der Waals surface area contributed by atoms with Crippen LogP contribution in [0.3, 0.4) is 0 Å². The first-order valence-corrected chi connectivity index (χ1v) is 9.48. The van der Waals surface area contributed by atoms with Crippen LogP contribution in [0.15, 0.2) is 53.3 Å². The van der Waals surface area contributed by atoms with Crippen molar-refractivity contribution in [3.8, 4) is 0 Å². The number of carbonyl (C=O) groups is 3. The van der Waals surface area contributed by atoms with Gasteiger partial charge in [0.15, 0.2) is 5.78 Å². The first kappa shape index (κ1) is 20.9. The normalized spacial score (nSPS) is 10.6. The zero-order chi connectivity index (χ0) is 21.8. The number of nitrogens with one attached hydrogen (secondary N) is 1. The third kappa shape index (κ3) is 4.27. The molecule has 0 fully saturated rings. The number of aromatic nitrogens is 2. The number of nitrogens with zero attached hydrogens (tertiary/aromatic N) is 3. The molecule has 0 aliphatic carbocycles. The lowest BCUT2D eigenvalue weighted by molar-refractivity contribution is -0.118. The van der Waals surface area contributed by atoms with E-state index in [-0.39, 0.29) is 30.5 Å². The van der Waals surface area contributed by atoms with Gasteiger partial charge < -0.3 is 5.32 Å². The van der Waals surface area contributed by atoms with Crippen LogP contribution in [-0.4, -0.2) is 34.2 Å². The van der Waals surface area contributed by atoms with Gasteiger partial charge >= 0.3 is 0 Å². The molecule has 3 aromatic rings. The molecule has 0 atom stereocenters. The van der Waals surface area contributed by atoms with E-state index in [2.05, 4.69) is 10.3 Å². The molecule has 0 saturated heterocycles. The number of rotatable bonds is 6. The highest BCUT2D eigenvalue weighted by atomic mass is 16.2. The lowest BCUT2D eigenvalue weighted by Crippen LogP contribution is -2.36. The molecule has 0 radical (unpaired) electrons. The maximum absolute atomic E-state index is 13.0. The van der Waals surface area contributed by atoms with E-state index in [0.717, 1.165) is 0 Å². The Hall–Kier alpha value is -3.81. The Morgan fingerprint density at radius 3 is 2.37 bits per heavy atom. The van der Waals surface area contributed by atoms with Crippen molar-refractivity contribution in [2.45, 2.75) is 26.8 Å². The summed E-state index contributed by atoms with van der Waals surface area (Å²) in [6, 6.07) is 13.4. The van der Waals surface area contributed by atoms with E-state index in [1.54, 1.807) is 55.5 Å². The number of para-hydroxylation sites is 2. The fourth-order valence-electron chi connectivity index (χ4n) is 3.04. The Bertz CT molecular complexity index is 1180. The largest absolute Gasteiger partial charge is 0.325 e. The van der Waals surface area contributed by atoms with E-state index in [0.29, 0.717) is 22.3 Å². The number of amides is 2. The zero-order valence-electron chi connectivity index (χ0n) is 17.0. The molecule has 0 aliphatic heterocycles. The van der Waals surface area contributed by atoms with Crippen molar-refractivity contribution in [3.05, 3.63) is 64.4 Å². The Labute approximate surface area is 173 Å². The van der Waals surface area contributed by atoms with Crippen molar-refractivity contribution >= 4 is 40.1 Å². The maximum atomic E-state index is 13.0. The summed E-state index contributed by atoms with van der Waals surface area (Å²) in [6.07, 6.45) is 0.223. The smallest absolute Gasteiger partial charge is 0.294 e. The molecule has 0 saturated carbocycles. The molecule has 0 bridgehead atoms. The van der Waals surface area contributed by atoms with Crippen molar-refractivity contribution in [2.75, 3.05) is 17.3 Å². The van der Waals surface area contributed by atoms with E-state index in [4.69, 9.17) is 0 Å². The molecule has 0 unspecified atom stereocenters. The quantitative estimate of drug-likeness (QED) is 0.634. The Morgan fingerprint density at radius 2 is 1.73 bits per heavy atom. The van der Waals surface area contributed by atoms with Gasteiger partial charge in [-0.2, -0.15) is 0 Å². The van der Waals surface area contributed by atoms with Crippen LogP contribution in [-0.2, 0) is 16.1 Å². The molecule has 2 aromatic carbocycles. The molecule has 0 spiro atoms. The number of Topliss-reactive ketones (excluding diaryl/α,β-unsaturated/α-hetero) is 1. The van der Waals surface area contributed by atoms with Gasteiger partial charge in [0.1, 0.15) is 6.54 Å². The minimum Gasteiger partial charge on any atom is -0.325 e. The lowest BCUT2D eigenvalue weighted by atomic mass is 10.1. The molecule has 2 amide bonds. The van der Waals surface area contributed by atoms with Gasteiger partial charge in [-0.15, -0.1) is 0 Å². The number of benzene rings is 2. The first-order chi connectivity index (χ1) is 14.3. The Kier molecular flexibility index (Phi) is 6.06. The first-order valence-electron chi connectivity index (χ1n) is 9.48. The van der Waals surface area contributed by atoms with Crippen LogP contribution in [0.4, 0.5) is 11.5 Å². The van der Waals surface area contributed by atoms with Gasteiger partial charge in [-0.05, 0) is 43.3 Å². The molecule has 30 heavy (non-hydrogen) atoms. The van der Waals surface area contributed by atoms with Crippen LogP contribution in [0.5, 0.6) is 0 Å². The summed E-state index contributed by atoms with van der Waals surface area (Å²) in [5.41, 5.74) is 1.51. The minimum atomic E-state index is -0.528. The van der Waals surface area contributed by atoms with Gasteiger partial charge in [0.05, 0.1) is 11.0 Å². The number of hydrogen-bond acceptors (Lipinski definition) is 5. The number of fused-ring (bicyclic) bond motifs is 1. The van der Waals surface area contributed by atoms with Crippen molar-refractivity contribution < 1.29 is 14.4 Å². The van der Waals surface area contributed by atoms with Gasteiger partial charge in [-0.25, -0.2) is 4.98 Å².